The number of hydrogen-bond acceptors (Lipinski definition) is 0. The average Bonchev–Trinajstić information content (AvgIpc) is 3.10. The standard InChI is InChI=1S/C16H18Si.Na.H/c1-17(14-8-2-3-9-14,15-10-4-5-11-15)16-12-6-7-13-16;;/h2-8,10,12H,9,11,13H2,1H3;;. The normalized spacial score (nSPS) is 20.8. The van der Waals surface area contributed by atoms with Gasteiger partial charge in [0.1, 0.15) is 8.07 Å². The Morgan fingerprint density at radius 2 is 1.06 bits per heavy atom. The van der Waals surface area contributed by atoms with Crippen molar-refractivity contribution in [2.24, 2.45) is 0 Å². The van der Waals surface area contributed by atoms with Gasteiger partial charge < -0.3 is 0 Å². The maximum atomic E-state index is 2.53. The molecule has 0 heterocycles. The summed E-state index contributed by atoms with van der Waals surface area (Å²) in [5, 5.41) is 5.05. The molecule has 0 fully saturated rings. The minimum atomic E-state index is -1.55. The van der Waals surface area contributed by atoms with Gasteiger partial charge in [0.15, 0.2) is 0 Å². The maximum absolute atomic E-state index is 2.53. The summed E-state index contributed by atoms with van der Waals surface area (Å²) in [4.78, 5) is 0. The van der Waals surface area contributed by atoms with E-state index >= 15 is 0 Å². The molecule has 0 bridgehead atoms. The fraction of sp³-hybridized carbons (Fsp3) is 0.250. The molecule has 0 spiro atoms. The molecule has 0 atom stereocenters. The van der Waals surface area contributed by atoms with Crippen LogP contribution in [-0.2, 0) is 0 Å². The van der Waals surface area contributed by atoms with Crippen LogP contribution in [0.1, 0.15) is 19.3 Å². The van der Waals surface area contributed by atoms with Gasteiger partial charge in [0.2, 0.25) is 0 Å². The summed E-state index contributed by atoms with van der Waals surface area (Å²) < 4.78 is 0. The Kier molecular flexibility index (Phi) is 4.49. The van der Waals surface area contributed by atoms with Crippen LogP contribution in [0.5, 0.6) is 0 Å². The van der Waals surface area contributed by atoms with Gasteiger partial charge in [-0.3, -0.25) is 0 Å². The second-order valence-electron chi connectivity index (χ2n) is 5.10. The summed E-state index contributed by atoms with van der Waals surface area (Å²) in [7, 11) is -1.55. The summed E-state index contributed by atoms with van der Waals surface area (Å²) in [6.45, 7) is 2.53. The third-order valence-electron chi connectivity index (χ3n) is 4.24. The zero-order valence-electron chi connectivity index (χ0n) is 10.3. The Bertz CT molecular complexity index is 441. The fourth-order valence-corrected chi connectivity index (χ4v) is 7.18. The predicted octanol–water partition coefficient (Wildman–Crippen LogP) is 3.69. The first-order chi connectivity index (χ1) is 8.32. The van der Waals surface area contributed by atoms with E-state index in [1.165, 1.54) is 0 Å². The van der Waals surface area contributed by atoms with E-state index in [1.54, 1.807) is 15.6 Å². The number of hydrogen-bond donors (Lipinski definition) is 0. The van der Waals surface area contributed by atoms with Crippen LogP contribution in [0, 0.1) is 0 Å². The van der Waals surface area contributed by atoms with Gasteiger partial charge in [-0.1, -0.05) is 76.8 Å². The Morgan fingerprint density at radius 1 is 0.722 bits per heavy atom. The van der Waals surface area contributed by atoms with Crippen molar-refractivity contribution in [3.8, 4) is 0 Å². The molecule has 3 aliphatic rings. The Morgan fingerprint density at radius 3 is 1.28 bits per heavy atom. The van der Waals surface area contributed by atoms with Crippen molar-refractivity contribution in [3.63, 3.8) is 0 Å². The summed E-state index contributed by atoms with van der Waals surface area (Å²) >= 11 is 0. The fourth-order valence-electron chi connectivity index (χ4n) is 3.07. The molecule has 0 N–H and O–H groups in total. The Hall–Kier alpha value is -0.343. The van der Waals surface area contributed by atoms with Gasteiger partial charge in [0.25, 0.3) is 0 Å². The zero-order chi connectivity index (χ0) is 11.7. The molecule has 0 unspecified atom stereocenters. The van der Waals surface area contributed by atoms with Crippen molar-refractivity contribution < 1.29 is 0 Å². The molecule has 88 valence electrons. The number of allylic oxidation sites excluding steroid dienone is 12. The van der Waals surface area contributed by atoms with Crippen molar-refractivity contribution in [1.82, 2.24) is 0 Å². The van der Waals surface area contributed by atoms with E-state index in [0.29, 0.717) is 0 Å². The van der Waals surface area contributed by atoms with Crippen LogP contribution in [0.15, 0.2) is 70.3 Å². The van der Waals surface area contributed by atoms with Gasteiger partial charge >= 0.3 is 29.6 Å². The molecule has 3 rings (SSSR count). The summed E-state index contributed by atoms with van der Waals surface area (Å²) in [5.41, 5.74) is 0. The molecule has 18 heavy (non-hydrogen) atoms. The number of rotatable bonds is 3. The van der Waals surface area contributed by atoms with Gasteiger partial charge in [0.05, 0.1) is 0 Å². The van der Waals surface area contributed by atoms with Crippen molar-refractivity contribution in [3.05, 3.63) is 70.3 Å². The van der Waals surface area contributed by atoms with Crippen LogP contribution < -0.4 is 0 Å². The van der Waals surface area contributed by atoms with Crippen LogP contribution in [0.25, 0.3) is 0 Å². The van der Waals surface area contributed by atoms with E-state index in [9.17, 15) is 0 Å². The van der Waals surface area contributed by atoms with Crippen molar-refractivity contribution in [2.75, 3.05) is 0 Å². The third-order valence-corrected chi connectivity index (χ3v) is 9.21. The van der Waals surface area contributed by atoms with Gasteiger partial charge in [-0.15, -0.1) is 0 Å². The average molecular weight is 262 g/mol. The summed E-state index contributed by atoms with van der Waals surface area (Å²) in [6, 6.07) is 0. The first kappa shape index (κ1) is 14.1. The molecular weight excluding hydrogens is 243 g/mol. The minimum absolute atomic E-state index is 0. The van der Waals surface area contributed by atoms with Crippen LogP contribution in [0.2, 0.25) is 6.55 Å². The van der Waals surface area contributed by atoms with Gasteiger partial charge in [-0.05, 0) is 19.3 Å². The second kappa shape index (κ2) is 5.75. The molecule has 0 aromatic heterocycles. The van der Waals surface area contributed by atoms with Crippen molar-refractivity contribution in [1.29, 1.82) is 0 Å². The van der Waals surface area contributed by atoms with Gasteiger partial charge in [0, 0.05) is 0 Å². The molecule has 0 amide bonds. The molecule has 3 aliphatic carbocycles. The van der Waals surface area contributed by atoms with E-state index in [1.807, 2.05) is 0 Å². The van der Waals surface area contributed by atoms with Crippen LogP contribution >= 0.6 is 0 Å². The van der Waals surface area contributed by atoms with Crippen molar-refractivity contribution in [2.45, 2.75) is 25.8 Å². The topological polar surface area (TPSA) is 0 Å². The SMILES string of the molecule is C[Si](C1=CC=CC1)(C1=CC=CC1)C1=CC=CC1.[NaH]. The Labute approximate surface area is 133 Å². The van der Waals surface area contributed by atoms with E-state index in [2.05, 4.69) is 61.2 Å². The van der Waals surface area contributed by atoms with Crippen LogP contribution in [-0.4, -0.2) is 37.6 Å². The van der Waals surface area contributed by atoms with E-state index in [-0.39, 0.29) is 29.6 Å². The zero-order valence-corrected chi connectivity index (χ0v) is 11.3. The van der Waals surface area contributed by atoms with Crippen LogP contribution in [0.3, 0.4) is 0 Å². The molecular formula is C16H19NaSi. The summed E-state index contributed by atoms with van der Waals surface area (Å²) in [5.74, 6) is 0. The molecule has 0 aliphatic heterocycles. The first-order valence-corrected chi connectivity index (χ1v) is 8.90. The third kappa shape index (κ3) is 2.25. The Balaban J connectivity index is 0.00000120. The van der Waals surface area contributed by atoms with Crippen molar-refractivity contribution >= 4 is 37.6 Å². The van der Waals surface area contributed by atoms with E-state index < -0.39 is 8.07 Å². The quantitative estimate of drug-likeness (QED) is 0.680. The van der Waals surface area contributed by atoms with Gasteiger partial charge in [-0.25, -0.2) is 0 Å². The molecule has 2 heteroatoms. The first-order valence-electron chi connectivity index (χ1n) is 6.40. The summed E-state index contributed by atoms with van der Waals surface area (Å²) in [6.07, 6.45) is 24.2. The van der Waals surface area contributed by atoms with E-state index in [0.717, 1.165) is 19.3 Å². The molecule has 0 saturated heterocycles. The molecule has 0 radical (unpaired) electrons. The van der Waals surface area contributed by atoms with Crippen LogP contribution in [0.4, 0.5) is 0 Å². The van der Waals surface area contributed by atoms with E-state index in [4.69, 9.17) is 0 Å². The van der Waals surface area contributed by atoms with Gasteiger partial charge in [-0.2, -0.15) is 0 Å². The predicted molar refractivity (Wildman–Crippen MR) is 84.3 cm³/mol. The molecule has 0 saturated carbocycles. The molecule has 0 nitrogen and oxygen atoms in total. The second-order valence-corrected chi connectivity index (χ2v) is 9.27. The monoisotopic (exact) mass is 262 g/mol. The molecule has 0 aromatic rings. The molecule has 0 aromatic carbocycles.